The molecule has 1 aliphatic rings. The number of likely N-dealkylation sites (tertiary alicyclic amines) is 1. The molecule has 1 heterocycles. The highest BCUT2D eigenvalue weighted by molar-refractivity contribution is 5.79. The van der Waals surface area contributed by atoms with Gasteiger partial charge in [0.25, 0.3) is 0 Å². The molecular formula is C14H28N2O2. The molecule has 0 bridgehead atoms. The van der Waals surface area contributed by atoms with Crippen LogP contribution in [0.2, 0.25) is 0 Å². The smallest absolute Gasteiger partial charge is 0.227 e. The van der Waals surface area contributed by atoms with Crippen molar-refractivity contribution in [1.82, 2.24) is 4.90 Å². The van der Waals surface area contributed by atoms with Crippen molar-refractivity contribution in [2.75, 3.05) is 26.7 Å². The second kappa shape index (κ2) is 6.53. The molecule has 2 unspecified atom stereocenters. The lowest BCUT2D eigenvalue weighted by Gasteiger charge is -2.40. The Morgan fingerprint density at radius 1 is 1.50 bits per heavy atom. The fraction of sp³-hybridized carbons (Fsp3) is 0.929. The number of nitrogens with zero attached hydrogens (tertiary/aromatic N) is 1. The van der Waals surface area contributed by atoms with Crippen LogP contribution in [0.25, 0.3) is 0 Å². The third-order valence-electron chi connectivity index (χ3n) is 3.85. The Labute approximate surface area is 111 Å². The molecule has 1 saturated heterocycles. The number of hydrogen-bond donors (Lipinski definition) is 1. The van der Waals surface area contributed by atoms with E-state index < -0.39 is 0 Å². The Hall–Kier alpha value is -0.610. The maximum atomic E-state index is 12.5. The highest BCUT2D eigenvalue weighted by Gasteiger charge is 2.35. The topological polar surface area (TPSA) is 55.6 Å². The first-order chi connectivity index (χ1) is 8.41. The summed E-state index contributed by atoms with van der Waals surface area (Å²) in [4.78, 5) is 14.4. The lowest BCUT2D eigenvalue weighted by atomic mass is 9.91. The van der Waals surface area contributed by atoms with E-state index in [2.05, 4.69) is 20.8 Å². The van der Waals surface area contributed by atoms with Crippen LogP contribution in [0.1, 0.15) is 40.0 Å². The van der Waals surface area contributed by atoms with Crippen molar-refractivity contribution in [2.24, 2.45) is 17.6 Å². The average Bonchev–Trinajstić information content (AvgIpc) is 2.35. The molecule has 4 nitrogen and oxygen atoms in total. The van der Waals surface area contributed by atoms with Crippen molar-refractivity contribution in [3.05, 3.63) is 0 Å². The van der Waals surface area contributed by atoms with Crippen molar-refractivity contribution in [3.8, 4) is 0 Å². The fourth-order valence-corrected chi connectivity index (χ4v) is 2.69. The number of nitrogens with two attached hydrogens (primary N) is 1. The molecule has 1 aliphatic heterocycles. The van der Waals surface area contributed by atoms with Crippen LogP contribution in [0, 0.1) is 11.8 Å². The highest BCUT2D eigenvalue weighted by atomic mass is 16.5. The van der Waals surface area contributed by atoms with Crippen LogP contribution in [-0.2, 0) is 9.53 Å². The number of carbonyl (C=O) groups excluding carboxylic acids is 1. The maximum absolute atomic E-state index is 12.5. The van der Waals surface area contributed by atoms with E-state index in [0.717, 1.165) is 25.8 Å². The Morgan fingerprint density at radius 2 is 2.17 bits per heavy atom. The highest BCUT2D eigenvalue weighted by Crippen LogP contribution is 2.25. The zero-order valence-electron chi connectivity index (χ0n) is 12.2. The van der Waals surface area contributed by atoms with Crippen LogP contribution >= 0.6 is 0 Å². The van der Waals surface area contributed by atoms with Gasteiger partial charge in [0.1, 0.15) is 0 Å². The van der Waals surface area contributed by atoms with Crippen LogP contribution in [0.5, 0.6) is 0 Å². The van der Waals surface area contributed by atoms with Gasteiger partial charge in [0, 0.05) is 26.7 Å². The van der Waals surface area contributed by atoms with E-state index in [1.54, 1.807) is 7.11 Å². The summed E-state index contributed by atoms with van der Waals surface area (Å²) in [6.07, 6.45) is 2.90. The number of amides is 1. The summed E-state index contributed by atoms with van der Waals surface area (Å²) in [5.41, 5.74) is 5.56. The molecule has 106 valence electrons. The quantitative estimate of drug-likeness (QED) is 0.813. The van der Waals surface area contributed by atoms with E-state index in [1.807, 2.05) is 4.90 Å². The van der Waals surface area contributed by atoms with Gasteiger partial charge in [-0.15, -0.1) is 0 Å². The minimum Gasteiger partial charge on any atom is -0.377 e. The first-order valence-corrected chi connectivity index (χ1v) is 6.96. The Morgan fingerprint density at radius 3 is 2.67 bits per heavy atom. The molecule has 0 aromatic rings. The average molecular weight is 256 g/mol. The fourth-order valence-electron chi connectivity index (χ4n) is 2.69. The number of ether oxygens (including phenoxy) is 1. The molecule has 0 aromatic carbocycles. The molecule has 4 heteroatoms. The molecule has 2 atom stereocenters. The molecule has 1 amide bonds. The molecule has 0 spiro atoms. The Balaban J connectivity index is 2.64. The maximum Gasteiger partial charge on any atom is 0.227 e. The third-order valence-corrected chi connectivity index (χ3v) is 3.85. The second-order valence-electron chi connectivity index (χ2n) is 6.08. The summed E-state index contributed by atoms with van der Waals surface area (Å²) < 4.78 is 5.53. The normalized spacial score (nSPS) is 26.4. The predicted octanol–water partition coefficient (Wildman–Crippen LogP) is 1.63. The van der Waals surface area contributed by atoms with Crippen molar-refractivity contribution >= 4 is 5.91 Å². The molecule has 18 heavy (non-hydrogen) atoms. The number of hydrogen-bond acceptors (Lipinski definition) is 3. The van der Waals surface area contributed by atoms with Crippen LogP contribution in [0.3, 0.4) is 0 Å². The van der Waals surface area contributed by atoms with E-state index in [1.165, 1.54) is 0 Å². The van der Waals surface area contributed by atoms with Gasteiger partial charge in [0.05, 0.1) is 11.5 Å². The van der Waals surface area contributed by atoms with Crippen molar-refractivity contribution in [1.29, 1.82) is 0 Å². The summed E-state index contributed by atoms with van der Waals surface area (Å²) in [7, 11) is 1.72. The van der Waals surface area contributed by atoms with Gasteiger partial charge in [-0.05, 0) is 32.1 Å². The van der Waals surface area contributed by atoms with Gasteiger partial charge in [-0.3, -0.25) is 4.79 Å². The molecule has 2 N–H and O–H groups in total. The van der Waals surface area contributed by atoms with Crippen LogP contribution in [0.4, 0.5) is 0 Å². The van der Waals surface area contributed by atoms with Gasteiger partial charge in [-0.1, -0.05) is 13.8 Å². The Kier molecular flexibility index (Phi) is 5.60. The minimum absolute atomic E-state index is 0.0378. The monoisotopic (exact) mass is 256 g/mol. The van der Waals surface area contributed by atoms with Gasteiger partial charge in [-0.2, -0.15) is 0 Å². The van der Waals surface area contributed by atoms with Gasteiger partial charge in [-0.25, -0.2) is 0 Å². The van der Waals surface area contributed by atoms with E-state index in [4.69, 9.17) is 10.5 Å². The van der Waals surface area contributed by atoms with E-state index in [0.29, 0.717) is 19.0 Å². The summed E-state index contributed by atoms with van der Waals surface area (Å²) >= 11 is 0. The van der Waals surface area contributed by atoms with Crippen LogP contribution < -0.4 is 5.73 Å². The minimum atomic E-state index is -0.190. The number of piperidine rings is 1. The predicted molar refractivity (Wildman–Crippen MR) is 73.2 cm³/mol. The van der Waals surface area contributed by atoms with Crippen molar-refractivity contribution in [3.63, 3.8) is 0 Å². The second-order valence-corrected chi connectivity index (χ2v) is 6.08. The SMILES string of the molecule is COC1(C)CCCN(C(=O)C(CN)CC(C)C)C1. The molecule has 0 aromatic heterocycles. The Bertz CT molecular complexity index is 281. The zero-order chi connectivity index (χ0) is 13.8. The third kappa shape index (κ3) is 3.95. The lowest BCUT2D eigenvalue weighted by Crippen LogP contribution is -2.52. The van der Waals surface area contributed by atoms with Gasteiger partial charge in [0.15, 0.2) is 0 Å². The summed E-state index contributed by atoms with van der Waals surface area (Å²) in [5.74, 6) is 0.666. The summed E-state index contributed by atoms with van der Waals surface area (Å²) in [6, 6.07) is 0. The van der Waals surface area contributed by atoms with E-state index in [9.17, 15) is 4.79 Å². The standard InChI is InChI=1S/C14H28N2O2/c1-11(2)8-12(9-15)13(17)16-7-5-6-14(3,10-16)18-4/h11-12H,5-10,15H2,1-4H3. The number of carbonyl (C=O) groups is 1. The van der Waals surface area contributed by atoms with Crippen molar-refractivity contribution < 1.29 is 9.53 Å². The molecule has 1 rings (SSSR count). The number of rotatable bonds is 5. The summed E-state index contributed by atoms with van der Waals surface area (Å²) in [6.45, 7) is 8.31. The van der Waals surface area contributed by atoms with Gasteiger partial charge >= 0.3 is 0 Å². The summed E-state index contributed by atoms with van der Waals surface area (Å²) in [5, 5.41) is 0. The molecule has 0 radical (unpaired) electrons. The molecular weight excluding hydrogens is 228 g/mol. The van der Waals surface area contributed by atoms with E-state index in [-0.39, 0.29) is 17.4 Å². The largest absolute Gasteiger partial charge is 0.377 e. The van der Waals surface area contributed by atoms with Crippen molar-refractivity contribution in [2.45, 2.75) is 45.6 Å². The molecule has 1 fully saturated rings. The van der Waals surface area contributed by atoms with E-state index >= 15 is 0 Å². The number of methoxy groups -OCH3 is 1. The first kappa shape index (κ1) is 15.4. The molecule has 0 saturated carbocycles. The van der Waals surface area contributed by atoms with Crippen LogP contribution in [-0.4, -0.2) is 43.2 Å². The van der Waals surface area contributed by atoms with Gasteiger partial charge in [0.2, 0.25) is 5.91 Å². The van der Waals surface area contributed by atoms with Gasteiger partial charge < -0.3 is 15.4 Å². The molecule has 0 aliphatic carbocycles. The zero-order valence-corrected chi connectivity index (χ0v) is 12.2. The van der Waals surface area contributed by atoms with Crippen LogP contribution in [0.15, 0.2) is 0 Å². The lowest BCUT2D eigenvalue weighted by molar-refractivity contribution is -0.143. The first-order valence-electron chi connectivity index (χ1n) is 6.96.